The molecule has 0 spiro atoms. The minimum Gasteiger partial charge on any atom is -0.391 e. The molecular weight excluding hydrogens is 148 g/mol. The molecule has 6 N–H and O–H groups in total. The number of rotatable bonds is 1. The molecule has 1 saturated heterocycles. The van der Waals surface area contributed by atoms with Crippen molar-refractivity contribution in [2.75, 3.05) is 6.54 Å². The van der Waals surface area contributed by atoms with Crippen LogP contribution in [0.3, 0.4) is 0 Å². The predicted molar refractivity (Wildman–Crippen MR) is 38.5 cm³/mol. The molecular formula is C6H14N2O3. The van der Waals surface area contributed by atoms with Crippen molar-refractivity contribution < 1.29 is 14.9 Å². The molecule has 66 valence electrons. The second-order valence-corrected chi connectivity index (χ2v) is 2.76. The summed E-state index contributed by atoms with van der Waals surface area (Å²) in [5.74, 6) is 0. The molecule has 0 amide bonds. The maximum absolute atomic E-state index is 9.23. The molecule has 1 fully saturated rings. The van der Waals surface area contributed by atoms with Crippen molar-refractivity contribution in [3.63, 3.8) is 0 Å². The number of ether oxygens (including phenoxy) is 1. The largest absolute Gasteiger partial charge is 0.391 e. The minimum absolute atomic E-state index is 0.278. The van der Waals surface area contributed by atoms with Gasteiger partial charge in [-0.1, -0.05) is 0 Å². The fourth-order valence-corrected chi connectivity index (χ4v) is 1.11. The van der Waals surface area contributed by atoms with E-state index in [2.05, 4.69) is 0 Å². The topological polar surface area (TPSA) is 102 Å². The standard InChI is InChI=1S/C6H14N2O3/c7-2-3-1-4(9)5(8)6(10)11-3/h3-6,9-10H,1-2,7-8H2/t3-,4+,5+,6+/m1/s1. The zero-order valence-electron chi connectivity index (χ0n) is 6.18. The monoisotopic (exact) mass is 162 g/mol. The molecule has 4 atom stereocenters. The quantitative estimate of drug-likeness (QED) is 0.348. The highest BCUT2D eigenvalue weighted by Crippen LogP contribution is 2.16. The average molecular weight is 162 g/mol. The van der Waals surface area contributed by atoms with E-state index in [0.717, 1.165) is 0 Å². The van der Waals surface area contributed by atoms with Crippen LogP contribution in [-0.4, -0.2) is 41.3 Å². The van der Waals surface area contributed by atoms with Crippen LogP contribution in [0.25, 0.3) is 0 Å². The van der Waals surface area contributed by atoms with Gasteiger partial charge in [-0.25, -0.2) is 0 Å². The van der Waals surface area contributed by atoms with Gasteiger partial charge in [0.15, 0.2) is 6.29 Å². The summed E-state index contributed by atoms with van der Waals surface area (Å²) >= 11 is 0. The Morgan fingerprint density at radius 1 is 1.45 bits per heavy atom. The zero-order chi connectivity index (χ0) is 8.43. The van der Waals surface area contributed by atoms with E-state index >= 15 is 0 Å². The Bertz CT molecular complexity index is 121. The van der Waals surface area contributed by atoms with Gasteiger partial charge in [-0.05, 0) is 0 Å². The lowest BCUT2D eigenvalue weighted by Gasteiger charge is -2.34. The minimum atomic E-state index is -1.09. The van der Waals surface area contributed by atoms with Gasteiger partial charge in [0.25, 0.3) is 0 Å². The first-order valence-electron chi connectivity index (χ1n) is 3.62. The number of aliphatic hydroxyl groups is 2. The van der Waals surface area contributed by atoms with Crippen molar-refractivity contribution in [3.05, 3.63) is 0 Å². The number of nitrogens with two attached hydrogens (primary N) is 2. The fourth-order valence-electron chi connectivity index (χ4n) is 1.11. The van der Waals surface area contributed by atoms with Crippen molar-refractivity contribution in [1.82, 2.24) is 0 Å². The maximum atomic E-state index is 9.23. The molecule has 0 aromatic heterocycles. The van der Waals surface area contributed by atoms with Gasteiger partial charge in [-0.3, -0.25) is 0 Å². The normalized spacial score (nSPS) is 45.8. The van der Waals surface area contributed by atoms with Crippen LogP contribution in [-0.2, 0) is 4.74 Å². The van der Waals surface area contributed by atoms with E-state index in [1.807, 2.05) is 0 Å². The van der Waals surface area contributed by atoms with Crippen molar-refractivity contribution in [2.24, 2.45) is 11.5 Å². The molecule has 1 rings (SSSR count). The summed E-state index contributed by atoms with van der Waals surface area (Å²) in [6.07, 6.45) is -1.69. The van der Waals surface area contributed by atoms with E-state index in [4.69, 9.17) is 21.3 Å². The molecule has 0 aliphatic carbocycles. The van der Waals surface area contributed by atoms with Gasteiger partial charge in [0.2, 0.25) is 0 Å². The highest BCUT2D eigenvalue weighted by Gasteiger charge is 2.33. The Balaban J connectivity index is 2.47. The Labute approximate surface area is 64.9 Å². The smallest absolute Gasteiger partial charge is 0.172 e. The van der Waals surface area contributed by atoms with Crippen LogP contribution in [0.2, 0.25) is 0 Å². The van der Waals surface area contributed by atoms with Gasteiger partial charge >= 0.3 is 0 Å². The van der Waals surface area contributed by atoms with Gasteiger partial charge in [0, 0.05) is 13.0 Å². The summed E-state index contributed by atoms with van der Waals surface area (Å²) in [5, 5.41) is 18.3. The van der Waals surface area contributed by atoms with Crippen LogP contribution in [0.15, 0.2) is 0 Å². The molecule has 5 nitrogen and oxygen atoms in total. The third-order valence-electron chi connectivity index (χ3n) is 1.87. The Morgan fingerprint density at radius 2 is 2.09 bits per heavy atom. The molecule has 1 heterocycles. The molecule has 0 aromatic rings. The van der Waals surface area contributed by atoms with Crippen LogP contribution in [0, 0.1) is 0 Å². The van der Waals surface area contributed by atoms with E-state index in [0.29, 0.717) is 13.0 Å². The third-order valence-corrected chi connectivity index (χ3v) is 1.87. The first-order valence-corrected chi connectivity index (χ1v) is 3.62. The van der Waals surface area contributed by atoms with E-state index in [9.17, 15) is 5.11 Å². The zero-order valence-corrected chi connectivity index (χ0v) is 6.18. The Hall–Kier alpha value is -0.200. The van der Waals surface area contributed by atoms with Crippen molar-refractivity contribution >= 4 is 0 Å². The average Bonchev–Trinajstić information content (AvgIpc) is 1.99. The number of aliphatic hydroxyl groups excluding tert-OH is 2. The van der Waals surface area contributed by atoms with E-state index < -0.39 is 18.4 Å². The Kier molecular flexibility index (Phi) is 2.80. The van der Waals surface area contributed by atoms with Gasteiger partial charge in [-0.15, -0.1) is 0 Å². The van der Waals surface area contributed by atoms with Crippen LogP contribution >= 0.6 is 0 Å². The third kappa shape index (κ3) is 1.88. The van der Waals surface area contributed by atoms with E-state index in [-0.39, 0.29) is 6.10 Å². The first kappa shape index (κ1) is 8.89. The highest BCUT2D eigenvalue weighted by molar-refractivity contribution is 4.83. The lowest BCUT2D eigenvalue weighted by Crippen LogP contribution is -2.54. The molecule has 1 aliphatic heterocycles. The molecule has 0 unspecified atom stereocenters. The van der Waals surface area contributed by atoms with Crippen molar-refractivity contribution in [2.45, 2.75) is 31.0 Å². The van der Waals surface area contributed by atoms with Crippen molar-refractivity contribution in [3.8, 4) is 0 Å². The van der Waals surface area contributed by atoms with Gasteiger partial charge in [0.1, 0.15) is 0 Å². The van der Waals surface area contributed by atoms with Crippen LogP contribution in [0.4, 0.5) is 0 Å². The van der Waals surface area contributed by atoms with Crippen LogP contribution in [0.1, 0.15) is 6.42 Å². The molecule has 11 heavy (non-hydrogen) atoms. The summed E-state index contributed by atoms with van der Waals surface area (Å²) < 4.78 is 4.96. The van der Waals surface area contributed by atoms with Gasteiger partial charge in [0.05, 0.1) is 18.2 Å². The second-order valence-electron chi connectivity index (χ2n) is 2.76. The predicted octanol–water partition coefficient (Wildman–Crippen LogP) is -2.26. The highest BCUT2D eigenvalue weighted by atomic mass is 16.6. The molecule has 0 saturated carbocycles. The molecule has 5 heteroatoms. The molecule has 0 aromatic carbocycles. The summed E-state index contributed by atoms with van der Waals surface area (Å²) in [5.41, 5.74) is 10.7. The van der Waals surface area contributed by atoms with E-state index in [1.54, 1.807) is 0 Å². The lowest BCUT2D eigenvalue weighted by molar-refractivity contribution is -0.197. The van der Waals surface area contributed by atoms with Gasteiger partial charge in [-0.2, -0.15) is 0 Å². The summed E-state index contributed by atoms with van der Waals surface area (Å²) in [6, 6.07) is -0.710. The van der Waals surface area contributed by atoms with Crippen LogP contribution in [0.5, 0.6) is 0 Å². The summed E-state index contributed by atoms with van der Waals surface area (Å²) in [4.78, 5) is 0. The molecule has 0 radical (unpaired) electrons. The second kappa shape index (κ2) is 3.46. The Morgan fingerprint density at radius 3 is 2.55 bits per heavy atom. The maximum Gasteiger partial charge on any atom is 0.172 e. The first-order chi connectivity index (χ1) is 5.15. The summed E-state index contributed by atoms with van der Waals surface area (Å²) in [6.45, 7) is 0.292. The SMILES string of the molecule is NC[C@H]1C[C@H](O)[C@H](N)[C@@H](O)O1. The lowest BCUT2D eigenvalue weighted by atomic mass is 10.0. The molecule has 0 bridgehead atoms. The van der Waals surface area contributed by atoms with Crippen molar-refractivity contribution in [1.29, 1.82) is 0 Å². The summed E-state index contributed by atoms with van der Waals surface area (Å²) in [7, 11) is 0. The van der Waals surface area contributed by atoms with Gasteiger partial charge < -0.3 is 26.4 Å². The van der Waals surface area contributed by atoms with E-state index in [1.165, 1.54) is 0 Å². The molecule has 1 aliphatic rings. The fraction of sp³-hybridized carbons (Fsp3) is 1.00. The number of hydrogen-bond donors (Lipinski definition) is 4. The van der Waals surface area contributed by atoms with Crippen LogP contribution < -0.4 is 11.5 Å². The number of hydrogen-bond acceptors (Lipinski definition) is 5.